The Hall–Kier alpha value is -2.13. The minimum absolute atomic E-state index is 0.0154. The summed E-state index contributed by atoms with van der Waals surface area (Å²) in [5.74, 6) is -0.0154. The molecule has 1 atom stereocenters. The van der Waals surface area contributed by atoms with Gasteiger partial charge in [0.25, 0.3) is 5.91 Å². The highest BCUT2D eigenvalue weighted by Gasteiger charge is 2.29. The van der Waals surface area contributed by atoms with Crippen LogP contribution in [-0.4, -0.2) is 33.2 Å². The van der Waals surface area contributed by atoms with Crippen molar-refractivity contribution in [3.63, 3.8) is 0 Å². The third kappa shape index (κ3) is 2.83. The van der Waals surface area contributed by atoms with Crippen LogP contribution >= 0.6 is 11.3 Å². The molecule has 5 nitrogen and oxygen atoms in total. The predicted octanol–water partition coefficient (Wildman–Crippen LogP) is 2.51. The van der Waals surface area contributed by atoms with Crippen molar-refractivity contribution < 1.29 is 4.79 Å². The Morgan fingerprint density at radius 2 is 2.43 bits per heavy atom. The fraction of sp³-hybridized carbons (Fsp3) is 0.400. The average molecular weight is 300 g/mol. The lowest BCUT2D eigenvalue weighted by atomic mass is 10.0. The maximum atomic E-state index is 12.7. The van der Waals surface area contributed by atoms with E-state index >= 15 is 0 Å². The van der Waals surface area contributed by atoms with Gasteiger partial charge in [0.1, 0.15) is 10.9 Å². The number of nitriles is 1. The smallest absolute Gasteiger partial charge is 0.265 e. The fourth-order valence-corrected chi connectivity index (χ4v) is 3.57. The second kappa shape index (κ2) is 6.10. The van der Waals surface area contributed by atoms with Crippen LogP contribution in [0.1, 0.15) is 34.5 Å². The van der Waals surface area contributed by atoms with Crippen molar-refractivity contribution in [1.29, 1.82) is 5.26 Å². The number of carbonyl (C=O) groups excluding carboxylic acids is 1. The maximum absolute atomic E-state index is 12.7. The molecule has 0 saturated carbocycles. The Balaban J connectivity index is 1.81. The molecule has 0 aromatic carbocycles. The Kier molecular flexibility index (Phi) is 4.02. The van der Waals surface area contributed by atoms with Crippen LogP contribution < -0.4 is 0 Å². The van der Waals surface area contributed by atoms with E-state index in [0.717, 1.165) is 25.8 Å². The third-order valence-electron chi connectivity index (χ3n) is 3.82. The molecule has 0 bridgehead atoms. The molecule has 0 radical (unpaired) electrons. The lowest BCUT2D eigenvalue weighted by Crippen LogP contribution is -2.45. The first-order valence-electron chi connectivity index (χ1n) is 7.05. The van der Waals surface area contributed by atoms with Gasteiger partial charge in [-0.05, 0) is 36.8 Å². The molecule has 108 valence electrons. The monoisotopic (exact) mass is 300 g/mol. The predicted molar refractivity (Wildman–Crippen MR) is 79.9 cm³/mol. The van der Waals surface area contributed by atoms with Crippen LogP contribution in [0.5, 0.6) is 0 Å². The second-order valence-electron chi connectivity index (χ2n) is 5.15. The van der Waals surface area contributed by atoms with Crippen LogP contribution in [0.25, 0.3) is 0 Å². The summed E-state index contributed by atoms with van der Waals surface area (Å²) in [6.07, 6.45) is 6.81. The number of aromatic nitrogens is 2. The van der Waals surface area contributed by atoms with E-state index in [1.165, 1.54) is 11.3 Å². The Morgan fingerprint density at radius 3 is 3.19 bits per heavy atom. The maximum Gasteiger partial charge on any atom is 0.265 e. The van der Waals surface area contributed by atoms with Crippen LogP contribution in [0.15, 0.2) is 29.9 Å². The molecule has 0 spiro atoms. The van der Waals surface area contributed by atoms with Crippen molar-refractivity contribution in [1.82, 2.24) is 14.7 Å². The lowest BCUT2D eigenvalue weighted by Gasteiger charge is -2.35. The fourth-order valence-electron chi connectivity index (χ4n) is 2.78. The topological polar surface area (TPSA) is 61.9 Å². The van der Waals surface area contributed by atoms with Gasteiger partial charge in [0, 0.05) is 18.9 Å². The Labute approximate surface area is 127 Å². The summed E-state index contributed by atoms with van der Waals surface area (Å²) < 4.78 is 1.87. The van der Waals surface area contributed by atoms with Crippen LogP contribution in [0.2, 0.25) is 0 Å². The molecule has 2 aromatic rings. The van der Waals surface area contributed by atoms with Crippen LogP contribution in [0.4, 0.5) is 0 Å². The van der Waals surface area contributed by atoms with Crippen LogP contribution in [0.3, 0.4) is 0 Å². The molecule has 6 heteroatoms. The summed E-state index contributed by atoms with van der Waals surface area (Å²) >= 11 is 1.35. The summed E-state index contributed by atoms with van der Waals surface area (Å²) in [7, 11) is 0. The van der Waals surface area contributed by atoms with Gasteiger partial charge in [0.15, 0.2) is 0 Å². The summed E-state index contributed by atoms with van der Waals surface area (Å²) in [5, 5.41) is 15.1. The number of piperidine rings is 1. The van der Waals surface area contributed by atoms with E-state index in [9.17, 15) is 4.79 Å². The van der Waals surface area contributed by atoms with E-state index in [2.05, 4.69) is 11.2 Å². The first-order chi connectivity index (χ1) is 10.3. The molecule has 1 saturated heterocycles. The van der Waals surface area contributed by atoms with Crippen molar-refractivity contribution in [3.8, 4) is 6.07 Å². The minimum Gasteiger partial charge on any atom is -0.333 e. The summed E-state index contributed by atoms with van der Waals surface area (Å²) in [5.41, 5.74) is 0.480. The van der Waals surface area contributed by atoms with Crippen LogP contribution in [0, 0.1) is 11.3 Å². The number of rotatable bonds is 3. The first-order valence-corrected chi connectivity index (χ1v) is 7.93. The van der Waals surface area contributed by atoms with Gasteiger partial charge in [-0.1, -0.05) is 0 Å². The molecular weight excluding hydrogens is 284 g/mol. The van der Waals surface area contributed by atoms with Gasteiger partial charge in [0.05, 0.1) is 18.2 Å². The molecule has 3 rings (SSSR count). The van der Waals surface area contributed by atoms with Crippen LogP contribution in [-0.2, 0) is 6.54 Å². The molecule has 1 amide bonds. The molecule has 0 aliphatic carbocycles. The molecule has 2 aromatic heterocycles. The van der Waals surface area contributed by atoms with E-state index in [-0.39, 0.29) is 11.9 Å². The Morgan fingerprint density at radius 1 is 1.52 bits per heavy atom. The normalized spacial score (nSPS) is 18.4. The van der Waals surface area contributed by atoms with Gasteiger partial charge < -0.3 is 4.90 Å². The highest BCUT2D eigenvalue weighted by molar-refractivity contribution is 7.12. The van der Waals surface area contributed by atoms with E-state index < -0.39 is 0 Å². The van der Waals surface area contributed by atoms with Gasteiger partial charge in [0.2, 0.25) is 0 Å². The molecule has 0 N–H and O–H groups in total. The number of amides is 1. The number of nitrogens with zero attached hydrogens (tertiary/aromatic N) is 4. The molecular formula is C15H16N4OS. The molecule has 0 unspecified atom stereocenters. The van der Waals surface area contributed by atoms with Gasteiger partial charge in [-0.2, -0.15) is 10.4 Å². The molecule has 3 heterocycles. The number of carbonyl (C=O) groups is 1. The number of hydrogen-bond donors (Lipinski definition) is 0. The number of likely N-dealkylation sites (tertiary alicyclic amines) is 1. The van der Waals surface area contributed by atoms with Gasteiger partial charge >= 0.3 is 0 Å². The van der Waals surface area contributed by atoms with E-state index in [0.29, 0.717) is 17.0 Å². The molecule has 21 heavy (non-hydrogen) atoms. The second-order valence-corrected chi connectivity index (χ2v) is 6.07. The highest BCUT2D eigenvalue weighted by Crippen LogP contribution is 2.24. The zero-order valence-electron chi connectivity index (χ0n) is 11.6. The van der Waals surface area contributed by atoms with Crippen molar-refractivity contribution in [2.45, 2.75) is 31.8 Å². The standard InChI is InChI=1S/C15H16N4OS/c16-10-12-5-9-21-14(12)15(20)19-8-2-1-4-13(19)11-18-7-3-6-17-18/h3,5-7,9,13H,1-2,4,8,11H2/t13-/m1/s1. The van der Waals surface area contributed by atoms with E-state index in [4.69, 9.17) is 5.26 Å². The highest BCUT2D eigenvalue weighted by atomic mass is 32.1. The van der Waals surface area contributed by atoms with Crippen molar-refractivity contribution in [3.05, 3.63) is 40.3 Å². The SMILES string of the molecule is N#Cc1ccsc1C(=O)N1CCCC[C@@H]1Cn1cccn1. The summed E-state index contributed by atoms with van der Waals surface area (Å²) in [6.45, 7) is 1.47. The Bertz CT molecular complexity index is 656. The van der Waals surface area contributed by atoms with E-state index in [1.54, 1.807) is 17.6 Å². The quantitative estimate of drug-likeness (QED) is 0.875. The van der Waals surface area contributed by atoms with Crippen molar-refractivity contribution >= 4 is 17.2 Å². The van der Waals surface area contributed by atoms with Gasteiger partial charge in [-0.25, -0.2) is 0 Å². The average Bonchev–Trinajstić information content (AvgIpc) is 3.18. The van der Waals surface area contributed by atoms with E-state index in [1.807, 2.05) is 21.8 Å². The molecule has 1 aliphatic heterocycles. The molecule has 1 aliphatic rings. The van der Waals surface area contributed by atoms with Crippen molar-refractivity contribution in [2.75, 3.05) is 6.54 Å². The summed E-state index contributed by atoms with van der Waals surface area (Å²) in [4.78, 5) is 15.2. The number of hydrogen-bond acceptors (Lipinski definition) is 4. The van der Waals surface area contributed by atoms with Gasteiger partial charge in [-0.15, -0.1) is 11.3 Å². The zero-order valence-corrected chi connectivity index (χ0v) is 12.4. The molecule has 1 fully saturated rings. The number of thiophene rings is 1. The minimum atomic E-state index is -0.0154. The largest absolute Gasteiger partial charge is 0.333 e. The lowest BCUT2D eigenvalue weighted by molar-refractivity contribution is 0.0588. The van der Waals surface area contributed by atoms with Gasteiger partial charge in [-0.3, -0.25) is 9.48 Å². The third-order valence-corrected chi connectivity index (χ3v) is 4.73. The zero-order chi connectivity index (χ0) is 14.7. The van der Waals surface area contributed by atoms with Crippen molar-refractivity contribution in [2.24, 2.45) is 0 Å². The first kappa shape index (κ1) is 13.8. The summed E-state index contributed by atoms with van der Waals surface area (Å²) in [6, 6.07) is 5.86.